The van der Waals surface area contributed by atoms with Gasteiger partial charge in [0.15, 0.2) is 0 Å². The Kier molecular flexibility index (Phi) is 2.93. The lowest BCUT2D eigenvalue weighted by Gasteiger charge is -2.29. The van der Waals surface area contributed by atoms with Gasteiger partial charge in [0.05, 0.1) is 18.2 Å². The summed E-state index contributed by atoms with van der Waals surface area (Å²) in [6.45, 7) is 4.16. The number of carbonyl (C=O) groups excluding carboxylic acids is 1. The number of hydrogen-bond acceptors (Lipinski definition) is 3. The van der Waals surface area contributed by atoms with Crippen LogP contribution < -0.4 is 5.73 Å². The van der Waals surface area contributed by atoms with Gasteiger partial charge in [0, 0.05) is 6.54 Å². The summed E-state index contributed by atoms with van der Waals surface area (Å²) in [5, 5.41) is 9.02. The fraction of sp³-hybridized carbons (Fsp3) is 0.889. The van der Waals surface area contributed by atoms with Gasteiger partial charge in [-0.3, -0.25) is 4.79 Å². The summed E-state index contributed by atoms with van der Waals surface area (Å²) in [7, 11) is 0. The van der Waals surface area contributed by atoms with E-state index in [9.17, 15) is 4.79 Å². The zero-order valence-corrected chi connectivity index (χ0v) is 8.29. The van der Waals surface area contributed by atoms with Crippen LogP contribution in [0, 0.1) is 0 Å². The minimum Gasteiger partial charge on any atom is -0.394 e. The highest BCUT2D eigenvalue weighted by Crippen LogP contribution is 2.19. The van der Waals surface area contributed by atoms with Gasteiger partial charge in [-0.1, -0.05) is 0 Å². The van der Waals surface area contributed by atoms with E-state index in [1.807, 2.05) is 0 Å². The molecule has 0 radical (unpaired) electrons. The Morgan fingerprint density at radius 2 is 2.31 bits per heavy atom. The summed E-state index contributed by atoms with van der Waals surface area (Å²) < 4.78 is 0. The first-order valence-corrected chi connectivity index (χ1v) is 4.67. The van der Waals surface area contributed by atoms with Crippen molar-refractivity contribution in [3.63, 3.8) is 0 Å². The Labute approximate surface area is 78.7 Å². The van der Waals surface area contributed by atoms with Gasteiger partial charge >= 0.3 is 0 Å². The molecule has 1 heterocycles. The van der Waals surface area contributed by atoms with Gasteiger partial charge in [-0.05, 0) is 26.7 Å². The van der Waals surface area contributed by atoms with E-state index in [0.717, 1.165) is 19.4 Å². The van der Waals surface area contributed by atoms with Gasteiger partial charge in [-0.25, -0.2) is 0 Å². The van der Waals surface area contributed by atoms with E-state index in [0.29, 0.717) is 0 Å². The molecule has 0 bridgehead atoms. The number of aliphatic hydroxyl groups excluding tert-OH is 1. The third-order valence-electron chi connectivity index (χ3n) is 2.40. The van der Waals surface area contributed by atoms with Gasteiger partial charge in [0.1, 0.15) is 0 Å². The monoisotopic (exact) mass is 186 g/mol. The molecule has 0 unspecified atom stereocenters. The second kappa shape index (κ2) is 3.64. The number of nitrogens with zero attached hydrogens (tertiary/aromatic N) is 1. The van der Waals surface area contributed by atoms with Crippen molar-refractivity contribution in [3.05, 3.63) is 0 Å². The minimum absolute atomic E-state index is 0.0182. The zero-order chi connectivity index (χ0) is 10.1. The minimum atomic E-state index is -0.822. The SMILES string of the molecule is CC(C)(N)C(=O)N1CCC[C@@H]1CO. The van der Waals surface area contributed by atoms with Crippen LogP contribution in [0.25, 0.3) is 0 Å². The van der Waals surface area contributed by atoms with Crippen LogP contribution in [-0.4, -0.2) is 40.6 Å². The molecule has 3 N–H and O–H groups in total. The second-order valence-electron chi connectivity index (χ2n) is 4.20. The number of amides is 1. The number of carbonyl (C=O) groups is 1. The molecule has 0 spiro atoms. The number of hydrogen-bond donors (Lipinski definition) is 2. The molecule has 0 aromatic heterocycles. The van der Waals surface area contributed by atoms with Crippen LogP contribution >= 0.6 is 0 Å². The first-order valence-electron chi connectivity index (χ1n) is 4.67. The van der Waals surface area contributed by atoms with Gasteiger partial charge in [0.25, 0.3) is 0 Å². The number of likely N-dealkylation sites (tertiary alicyclic amines) is 1. The molecule has 0 aromatic carbocycles. The molecule has 1 fully saturated rings. The quantitative estimate of drug-likeness (QED) is 0.622. The molecule has 13 heavy (non-hydrogen) atoms. The molecule has 1 rings (SSSR count). The molecule has 4 nitrogen and oxygen atoms in total. The molecule has 1 atom stereocenters. The highest BCUT2D eigenvalue weighted by molar-refractivity contribution is 5.85. The average molecular weight is 186 g/mol. The predicted molar refractivity (Wildman–Crippen MR) is 50.1 cm³/mol. The third-order valence-corrected chi connectivity index (χ3v) is 2.40. The molecule has 1 saturated heterocycles. The predicted octanol–water partition coefficient (Wildman–Crippen LogP) is -0.293. The van der Waals surface area contributed by atoms with Crippen molar-refractivity contribution < 1.29 is 9.90 Å². The fourth-order valence-corrected chi connectivity index (χ4v) is 1.66. The molecule has 1 aliphatic heterocycles. The van der Waals surface area contributed by atoms with Crippen molar-refractivity contribution in [2.45, 2.75) is 38.3 Å². The van der Waals surface area contributed by atoms with Crippen LogP contribution in [0.4, 0.5) is 0 Å². The van der Waals surface area contributed by atoms with Crippen molar-refractivity contribution in [1.29, 1.82) is 0 Å². The van der Waals surface area contributed by atoms with E-state index in [1.165, 1.54) is 0 Å². The van der Waals surface area contributed by atoms with Crippen LogP contribution in [0.3, 0.4) is 0 Å². The molecule has 76 valence electrons. The van der Waals surface area contributed by atoms with Gasteiger partial charge in [-0.2, -0.15) is 0 Å². The molecule has 1 amide bonds. The van der Waals surface area contributed by atoms with E-state index in [1.54, 1.807) is 18.7 Å². The van der Waals surface area contributed by atoms with E-state index < -0.39 is 5.54 Å². The molecular formula is C9H18N2O2. The van der Waals surface area contributed by atoms with Crippen molar-refractivity contribution >= 4 is 5.91 Å². The summed E-state index contributed by atoms with van der Waals surface area (Å²) in [4.78, 5) is 13.4. The molecule has 0 saturated carbocycles. The van der Waals surface area contributed by atoms with Crippen LogP contribution in [-0.2, 0) is 4.79 Å². The summed E-state index contributed by atoms with van der Waals surface area (Å²) in [5.41, 5.74) is 4.88. The molecular weight excluding hydrogens is 168 g/mol. The second-order valence-corrected chi connectivity index (χ2v) is 4.20. The molecule has 0 aromatic rings. The van der Waals surface area contributed by atoms with Gasteiger partial charge in [0.2, 0.25) is 5.91 Å². The lowest BCUT2D eigenvalue weighted by atomic mass is 10.1. The van der Waals surface area contributed by atoms with Gasteiger partial charge in [-0.15, -0.1) is 0 Å². The van der Waals surface area contributed by atoms with E-state index in [2.05, 4.69) is 0 Å². The summed E-state index contributed by atoms with van der Waals surface area (Å²) in [6.07, 6.45) is 1.85. The van der Waals surface area contributed by atoms with Crippen molar-refractivity contribution in [2.75, 3.05) is 13.2 Å². The lowest BCUT2D eigenvalue weighted by Crippen LogP contribution is -2.53. The Hall–Kier alpha value is -0.610. The van der Waals surface area contributed by atoms with Crippen molar-refractivity contribution in [3.8, 4) is 0 Å². The summed E-state index contributed by atoms with van der Waals surface area (Å²) in [6, 6.07) is -0.0182. The number of aliphatic hydroxyl groups is 1. The van der Waals surface area contributed by atoms with E-state index in [-0.39, 0.29) is 18.6 Å². The molecule has 1 aliphatic rings. The number of rotatable bonds is 2. The fourth-order valence-electron chi connectivity index (χ4n) is 1.66. The standard InChI is InChI=1S/C9H18N2O2/c1-9(2,10)8(13)11-5-3-4-7(11)6-12/h7,12H,3-6,10H2,1-2H3/t7-/m1/s1. The van der Waals surface area contributed by atoms with Crippen molar-refractivity contribution in [2.24, 2.45) is 5.73 Å². The lowest BCUT2D eigenvalue weighted by molar-refractivity contribution is -0.137. The van der Waals surface area contributed by atoms with Crippen LogP contribution in [0.15, 0.2) is 0 Å². The Morgan fingerprint density at radius 3 is 2.77 bits per heavy atom. The molecule has 0 aliphatic carbocycles. The van der Waals surface area contributed by atoms with Crippen LogP contribution in [0.2, 0.25) is 0 Å². The largest absolute Gasteiger partial charge is 0.394 e. The zero-order valence-electron chi connectivity index (χ0n) is 8.29. The van der Waals surface area contributed by atoms with Crippen LogP contribution in [0.5, 0.6) is 0 Å². The van der Waals surface area contributed by atoms with E-state index in [4.69, 9.17) is 10.8 Å². The maximum atomic E-state index is 11.7. The molecule has 4 heteroatoms. The van der Waals surface area contributed by atoms with E-state index >= 15 is 0 Å². The first-order chi connectivity index (χ1) is 5.96. The normalized spacial score (nSPS) is 23.7. The summed E-state index contributed by atoms with van der Waals surface area (Å²) >= 11 is 0. The van der Waals surface area contributed by atoms with Crippen molar-refractivity contribution in [1.82, 2.24) is 4.90 Å². The Morgan fingerprint density at radius 1 is 1.69 bits per heavy atom. The van der Waals surface area contributed by atoms with Crippen LogP contribution in [0.1, 0.15) is 26.7 Å². The topological polar surface area (TPSA) is 66.6 Å². The first kappa shape index (κ1) is 10.5. The number of nitrogens with two attached hydrogens (primary N) is 1. The smallest absolute Gasteiger partial charge is 0.242 e. The average Bonchev–Trinajstić information content (AvgIpc) is 2.48. The summed E-state index contributed by atoms with van der Waals surface area (Å²) in [5.74, 6) is -0.0657. The Balaban J connectivity index is 2.66. The highest BCUT2D eigenvalue weighted by Gasteiger charge is 2.34. The third kappa shape index (κ3) is 2.19. The maximum absolute atomic E-state index is 11.7. The van der Waals surface area contributed by atoms with Gasteiger partial charge < -0.3 is 15.7 Å². The Bertz CT molecular complexity index is 198. The highest BCUT2D eigenvalue weighted by atomic mass is 16.3. The maximum Gasteiger partial charge on any atom is 0.242 e.